The van der Waals surface area contributed by atoms with Gasteiger partial charge in [0, 0.05) is 0 Å². The number of hydrogen-bond donors (Lipinski definition) is 0. The summed E-state index contributed by atoms with van der Waals surface area (Å²) in [5, 5.41) is 9.81. The van der Waals surface area contributed by atoms with Gasteiger partial charge in [0.15, 0.2) is 0 Å². The molecule has 0 radical (unpaired) electrons. The van der Waals surface area contributed by atoms with Crippen LogP contribution in [0.25, 0.3) is 20.4 Å². The van der Waals surface area contributed by atoms with Crippen molar-refractivity contribution in [3.8, 4) is 0 Å². The molecule has 0 fully saturated rings. The first-order valence-corrected chi connectivity index (χ1v) is 8.47. The Bertz CT molecular complexity index is 932. The van der Waals surface area contributed by atoms with E-state index in [-0.39, 0.29) is 0 Å². The lowest BCUT2D eigenvalue weighted by Crippen LogP contribution is -1.70. The minimum atomic E-state index is 0.663. The van der Waals surface area contributed by atoms with Crippen molar-refractivity contribution < 1.29 is 0 Å². The summed E-state index contributed by atoms with van der Waals surface area (Å²) in [6.45, 7) is 4.15. The topological polar surface area (TPSA) is 50.5 Å². The Morgan fingerprint density at radius 2 is 1.18 bits per heavy atom. The number of nitrogens with zero attached hydrogens (tertiary/aromatic N) is 4. The maximum Gasteiger partial charge on any atom is 0.231 e. The summed E-state index contributed by atoms with van der Waals surface area (Å²) < 4.78 is 2.27. The molecule has 0 aliphatic rings. The molecule has 4 rings (SSSR count). The van der Waals surface area contributed by atoms with Crippen LogP contribution in [0.3, 0.4) is 0 Å². The highest BCUT2D eigenvalue weighted by Crippen LogP contribution is 2.32. The van der Waals surface area contributed by atoms with Gasteiger partial charge in [-0.05, 0) is 49.2 Å². The van der Waals surface area contributed by atoms with Crippen LogP contribution in [0, 0.1) is 13.8 Å². The van der Waals surface area contributed by atoms with E-state index in [4.69, 9.17) is 0 Å². The zero-order chi connectivity index (χ0) is 15.1. The lowest BCUT2D eigenvalue weighted by atomic mass is 10.2. The Morgan fingerprint density at radius 1 is 0.727 bits per heavy atom. The zero-order valence-electron chi connectivity index (χ0n) is 12.1. The van der Waals surface area contributed by atoms with Gasteiger partial charge in [0.25, 0.3) is 0 Å². The van der Waals surface area contributed by atoms with Gasteiger partial charge in [0.2, 0.25) is 10.3 Å². The van der Waals surface area contributed by atoms with E-state index < -0.39 is 0 Å². The van der Waals surface area contributed by atoms with Crippen molar-refractivity contribution in [2.24, 2.45) is 10.2 Å². The highest BCUT2D eigenvalue weighted by atomic mass is 32.1. The van der Waals surface area contributed by atoms with Crippen molar-refractivity contribution in [1.82, 2.24) is 9.97 Å². The quantitative estimate of drug-likeness (QED) is 0.428. The van der Waals surface area contributed by atoms with Crippen molar-refractivity contribution >= 4 is 53.4 Å². The van der Waals surface area contributed by atoms with Crippen LogP contribution in [-0.2, 0) is 0 Å². The summed E-state index contributed by atoms with van der Waals surface area (Å²) >= 11 is 3.09. The maximum atomic E-state index is 4.47. The van der Waals surface area contributed by atoms with E-state index in [1.54, 1.807) is 22.7 Å². The molecule has 0 unspecified atom stereocenters. The first-order valence-electron chi connectivity index (χ1n) is 6.83. The van der Waals surface area contributed by atoms with E-state index in [2.05, 4.69) is 58.3 Å². The Hall–Kier alpha value is -2.18. The molecule has 2 heterocycles. The van der Waals surface area contributed by atoms with Crippen molar-refractivity contribution in [3.05, 3.63) is 47.5 Å². The predicted molar refractivity (Wildman–Crippen MR) is 92.9 cm³/mol. The molecule has 6 heteroatoms. The Balaban J connectivity index is 1.68. The van der Waals surface area contributed by atoms with Crippen molar-refractivity contribution in [2.75, 3.05) is 0 Å². The molecule has 0 aliphatic carbocycles. The SMILES string of the molecule is Cc1ccc2nc(N=Nc3nc4ccc(C)cc4s3)sc2c1. The fourth-order valence-electron chi connectivity index (χ4n) is 2.21. The standard InChI is InChI=1S/C16H12N4S2/c1-9-3-5-11-13(7-9)21-15(17-11)19-20-16-18-12-6-4-10(2)8-14(12)22-16/h3-8H,1-2H3. The molecule has 22 heavy (non-hydrogen) atoms. The molecule has 0 N–H and O–H groups in total. The molecular weight excluding hydrogens is 312 g/mol. The van der Waals surface area contributed by atoms with E-state index in [0.717, 1.165) is 20.4 Å². The van der Waals surface area contributed by atoms with Crippen LogP contribution in [0.4, 0.5) is 10.3 Å². The fourth-order valence-corrected chi connectivity index (χ4v) is 3.98. The lowest BCUT2D eigenvalue weighted by molar-refractivity contribution is 1.19. The molecule has 0 aliphatic heterocycles. The number of azo groups is 1. The average Bonchev–Trinajstić information content (AvgIpc) is 3.07. The molecular formula is C16H12N4S2. The second-order valence-corrected chi connectivity index (χ2v) is 7.15. The van der Waals surface area contributed by atoms with E-state index in [9.17, 15) is 0 Å². The summed E-state index contributed by atoms with van der Waals surface area (Å²) in [6.07, 6.45) is 0. The zero-order valence-corrected chi connectivity index (χ0v) is 13.7. The Morgan fingerprint density at radius 3 is 1.64 bits per heavy atom. The van der Waals surface area contributed by atoms with Crippen LogP contribution < -0.4 is 0 Å². The number of aryl methyl sites for hydroxylation is 2. The van der Waals surface area contributed by atoms with Gasteiger partial charge < -0.3 is 0 Å². The first kappa shape index (κ1) is 13.5. The van der Waals surface area contributed by atoms with Gasteiger partial charge in [-0.2, -0.15) is 0 Å². The van der Waals surface area contributed by atoms with Crippen LogP contribution in [0.1, 0.15) is 11.1 Å². The van der Waals surface area contributed by atoms with E-state index in [1.807, 2.05) is 12.1 Å². The van der Waals surface area contributed by atoms with Crippen molar-refractivity contribution in [1.29, 1.82) is 0 Å². The molecule has 0 bridgehead atoms. The van der Waals surface area contributed by atoms with Crippen LogP contribution >= 0.6 is 22.7 Å². The number of hydrogen-bond acceptors (Lipinski definition) is 6. The van der Waals surface area contributed by atoms with Crippen molar-refractivity contribution in [2.45, 2.75) is 13.8 Å². The molecule has 0 saturated heterocycles. The summed E-state index contributed by atoms with van der Waals surface area (Å²) in [4.78, 5) is 8.94. The number of benzene rings is 2. The molecule has 0 spiro atoms. The molecule has 4 nitrogen and oxygen atoms in total. The summed E-state index contributed by atoms with van der Waals surface area (Å²) in [7, 11) is 0. The van der Waals surface area contributed by atoms with Gasteiger partial charge in [-0.15, -0.1) is 10.2 Å². The van der Waals surface area contributed by atoms with Gasteiger partial charge >= 0.3 is 0 Å². The minimum absolute atomic E-state index is 0.663. The third-order valence-electron chi connectivity index (χ3n) is 3.29. The molecule has 2 aromatic heterocycles. The second-order valence-electron chi connectivity index (χ2n) is 5.14. The number of aromatic nitrogens is 2. The lowest BCUT2D eigenvalue weighted by Gasteiger charge is -1.88. The van der Waals surface area contributed by atoms with Gasteiger partial charge in [-0.1, -0.05) is 34.8 Å². The molecule has 0 saturated carbocycles. The predicted octanol–water partition coefficient (Wildman–Crippen LogP) is 5.94. The summed E-state index contributed by atoms with van der Waals surface area (Å²) in [5.74, 6) is 0. The third kappa shape index (κ3) is 2.51. The first-order chi connectivity index (χ1) is 10.7. The fraction of sp³-hybridized carbons (Fsp3) is 0.125. The molecule has 2 aromatic carbocycles. The van der Waals surface area contributed by atoms with Gasteiger partial charge in [0.05, 0.1) is 20.4 Å². The second kappa shape index (κ2) is 5.23. The number of thiazole rings is 2. The largest absolute Gasteiger partial charge is 0.231 e. The number of rotatable bonds is 2. The Labute approximate surface area is 135 Å². The molecule has 0 amide bonds. The van der Waals surface area contributed by atoms with Gasteiger partial charge in [-0.3, -0.25) is 0 Å². The van der Waals surface area contributed by atoms with E-state index in [1.165, 1.54) is 11.1 Å². The monoisotopic (exact) mass is 324 g/mol. The highest BCUT2D eigenvalue weighted by Gasteiger charge is 2.05. The van der Waals surface area contributed by atoms with Crippen LogP contribution in [0.2, 0.25) is 0 Å². The van der Waals surface area contributed by atoms with Gasteiger partial charge in [-0.25, -0.2) is 9.97 Å². The highest BCUT2D eigenvalue weighted by molar-refractivity contribution is 7.22. The van der Waals surface area contributed by atoms with E-state index in [0.29, 0.717) is 10.3 Å². The average molecular weight is 324 g/mol. The van der Waals surface area contributed by atoms with Gasteiger partial charge in [0.1, 0.15) is 0 Å². The van der Waals surface area contributed by atoms with Crippen LogP contribution in [0.5, 0.6) is 0 Å². The normalized spacial score (nSPS) is 11.9. The summed E-state index contributed by atoms with van der Waals surface area (Å²) in [6, 6.07) is 12.4. The maximum absolute atomic E-state index is 4.47. The number of fused-ring (bicyclic) bond motifs is 2. The van der Waals surface area contributed by atoms with Crippen LogP contribution in [-0.4, -0.2) is 9.97 Å². The summed E-state index contributed by atoms with van der Waals surface area (Å²) in [5.41, 5.74) is 4.37. The van der Waals surface area contributed by atoms with Crippen LogP contribution in [0.15, 0.2) is 46.6 Å². The molecule has 108 valence electrons. The third-order valence-corrected chi connectivity index (χ3v) is 5.09. The smallest absolute Gasteiger partial charge is 0.217 e. The van der Waals surface area contributed by atoms with Crippen molar-refractivity contribution in [3.63, 3.8) is 0 Å². The molecule has 0 atom stereocenters. The minimum Gasteiger partial charge on any atom is -0.217 e. The Kier molecular flexibility index (Phi) is 3.20. The van der Waals surface area contributed by atoms with E-state index >= 15 is 0 Å². The molecule has 4 aromatic rings.